The van der Waals surface area contributed by atoms with Gasteiger partial charge in [-0.2, -0.15) is 0 Å². The fourth-order valence-corrected chi connectivity index (χ4v) is 4.75. The van der Waals surface area contributed by atoms with Crippen LogP contribution in [0.4, 0.5) is 5.13 Å². The molecular weight excluding hydrogens is 433 g/mol. The molecule has 0 unspecified atom stereocenters. The predicted octanol–water partition coefficient (Wildman–Crippen LogP) is 4.58. The van der Waals surface area contributed by atoms with Crippen molar-refractivity contribution in [2.45, 2.75) is 0 Å². The molecule has 0 spiro atoms. The molecule has 152 valence electrons. The van der Waals surface area contributed by atoms with Crippen molar-refractivity contribution in [3.05, 3.63) is 45.9 Å². The van der Waals surface area contributed by atoms with Crippen LogP contribution in [0.1, 0.15) is 10.4 Å². The van der Waals surface area contributed by atoms with E-state index in [-0.39, 0.29) is 5.91 Å². The molecule has 1 saturated heterocycles. The number of benzene rings is 2. The average molecular weight is 452 g/mol. The Bertz CT molecular complexity index is 1060. The second kappa shape index (κ2) is 8.26. The lowest BCUT2D eigenvalue weighted by molar-refractivity contribution is 0.0747. The van der Waals surface area contributed by atoms with Crippen molar-refractivity contribution in [2.75, 3.05) is 45.3 Å². The van der Waals surface area contributed by atoms with Crippen LogP contribution in [0.25, 0.3) is 10.2 Å². The van der Waals surface area contributed by atoms with E-state index in [2.05, 4.69) is 4.90 Å². The first-order valence-corrected chi connectivity index (χ1v) is 10.6. The molecule has 9 heteroatoms. The summed E-state index contributed by atoms with van der Waals surface area (Å²) in [6, 6.07) is 8.81. The molecule has 1 aromatic heterocycles. The minimum atomic E-state index is -0.104. The van der Waals surface area contributed by atoms with E-state index in [0.717, 1.165) is 15.3 Å². The Morgan fingerprint density at radius 1 is 1.07 bits per heavy atom. The van der Waals surface area contributed by atoms with Gasteiger partial charge in [-0.25, -0.2) is 4.98 Å². The third-order valence-electron chi connectivity index (χ3n) is 4.89. The van der Waals surface area contributed by atoms with E-state index in [1.54, 1.807) is 48.7 Å². The Labute approximate surface area is 182 Å². The number of halogens is 2. The molecule has 0 saturated carbocycles. The standard InChI is InChI=1S/C20H19Cl2N3O3S/c1-27-15-5-6-16-17(18(15)28-2)23-20(29-16)25-9-7-24(8-10-25)19(26)13-11-12(21)3-4-14(13)22/h3-6,11H,7-10H2,1-2H3. The van der Waals surface area contributed by atoms with Gasteiger partial charge in [0.15, 0.2) is 16.6 Å². The van der Waals surface area contributed by atoms with Crippen LogP contribution >= 0.6 is 34.5 Å². The summed E-state index contributed by atoms with van der Waals surface area (Å²) >= 11 is 13.8. The molecule has 4 rings (SSSR count). The smallest absolute Gasteiger partial charge is 0.255 e. The number of amides is 1. The lowest BCUT2D eigenvalue weighted by Crippen LogP contribution is -2.48. The zero-order valence-corrected chi connectivity index (χ0v) is 18.3. The molecule has 3 aromatic rings. The first-order chi connectivity index (χ1) is 14.0. The van der Waals surface area contributed by atoms with Gasteiger partial charge in [-0.15, -0.1) is 0 Å². The highest BCUT2D eigenvalue weighted by Crippen LogP contribution is 2.40. The highest BCUT2D eigenvalue weighted by Gasteiger charge is 2.26. The van der Waals surface area contributed by atoms with Crippen LogP contribution in [0.15, 0.2) is 30.3 Å². The highest BCUT2D eigenvalue weighted by atomic mass is 35.5. The second-order valence-corrected chi connectivity index (χ2v) is 8.40. The summed E-state index contributed by atoms with van der Waals surface area (Å²) in [5.41, 5.74) is 1.22. The Kier molecular flexibility index (Phi) is 5.72. The van der Waals surface area contributed by atoms with Crippen LogP contribution < -0.4 is 14.4 Å². The molecular formula is C20H19Cl2N3O3S. The molecule has 0 bridgehead atoms. The van der Waals surface area contributed by atoms with E-state index in [1.807, 2.05) is 12.1 Å². The number of anilines is 1. The van der Waals surface area contributed by atoms with Crippen LogP contribution in [-0.2, 0) is 0 Å². The summed E-state index contributed by atoms with van der Waals surface area (Å²) in [5.74, 6) is 1.19. The van der Waals surface area contributed by atoms with Gasteiger partial charge in [0.1, 0.15) is 5.52 Å². The van der Waals surface area contributed by atoms with Crippen molar-refractivity contribution in [1.82, 2.24) is 9.88 Å². The van der Waals surface area contributed by atoms with Gasteiger partial charge in [0, 0.05) is 31.2 Å². The summed E-state index contributed by atoms with van der Waals surface area (Å²) in [6.07, 6.45) is 0. The second-order valence-electron chi connectivity index (χ2n) is 6.55. The fraction of sp³-hybridized carbons (Fsp3) is 0.300. The average Bonchev–Trinajstić information content (AvgIpc) is 3.18. The van der Waals surface area contributed by atoms with Gasteiger partial charge in [0.2, 0.25) is 0 Å². The molecule has 0 aliphatic carbocycles. The molecule has 1 fully saturated rings. The van der Waals surface area contributed by atoms with Crippen molar-refractivity contribution < 1.29 is 14.3 Å². The Morgan fingerprint density at radius 2 is 1.83 bits per heavy atom. The maximum Gasteiger partial charge on any atom is 0.255 e. The van der Waals surface area contributed by atoms with Crippen molar-refractivity contribution in [3.8, 4) is 11.5 Å². The predicted molar refractivity (Wildman–Crippen MR) is 117 cm³/mol. The number of hydrogen-bond donors (Lipinski definition) is 0. The quantitative estimate of drug-likeness (QED) is 0.580. The number of carbonyl (C=O) groups excluding carboxylic acids is 1. The number of nitrogens with zero attached hydrogens (tertiary/aromatic N) is 3. The van der Waals surface area contributed by atoms with Crippen LogP contribution in [0.2, 0.25) is 10.0 Å². The number of hydrogen-bond acceptors (Lipinski definition) is 6. The number of carbonyl (C=O) groups is 1. The van der Waals surface area contributed by atoms with Crippen molar-refractivity contribution in [3.63, 3.8) is 0 Å². The topological polar surface area (TPSA) is 54.9 Å². The number of piperazine rings is 1. The molecule has 1 aliphatic rings. The Balaban J connectivity index is 1.51. The number of fused-ring (bicyclic) bond motifs is 1. The molecule has 6 nitrogen and oxygen atoms in total. The number of aromatic nitrogens is 1. The summed E-state index contributed by atoms with van der Waals surface area (Å²) < 4.78 is 11.9. The van der Waals surface area contributed by atoms with E-state index in [1.165, 1.54) is 0 Å². The molecule has 1 aliphatic heterocycles. The molecule has 1 amide bonds. The van der Waals surface area contributed by atoms with E-state index in [9.17, 15) is 4.79 Å². The zero-order valence-electron chi connectivity index (χ0n) is 15.9. The first-order valence-electron chi connectivity index (χ1n) is 9.02. The minimum absolute atomic E-state index is 0.104. The minimum Gasteiger partial charge on any atom is -0.493 e. The van der Waals surface area contributed by atoms with Gasteiger partial charge < -0.3 is 19.3 Å². The van der Waals surface area contributed by atoms with Gasteiger partial charge in [-0.1, -0.05) is 34.5 Å². The van der Waals surface area contributed by atoms with Crippen molar-refractivity contribution >= 4 is 55.8 Å². The number of thiazole rings is 1. The molecule has 2 aromatic carbocycles. The SMILES string of the molecule is COc1ccc2sc(N3CCN(C(=O)c4cc(Cl)ccc4Cl)CC3)nc2c1OC. The van der Waals surface area contributed by atoms with Crippen LogP contribution in [-0.4, -0.2) is 56.2 Å². The maximum absolute atomic E-state index is 12.8. The van der Waals surface area contributed by atoms with E-state index in [4.69, 9.17) is 37.7 Å². The number of ether oxygens (including phenoxy) is 2. The molecule has 29 heavy (non-hydrogen) atoms. The summed E-state index contributed by atoms with van der Waals surface area (Å²) in [5, 5.41) is 1.81. The fourth-order valence-electron chi connectivity index (χ4n) is 3.37. The monoisotopic (exact) mass is 451 g/mol. The Hall–Kier alpha value is -2.22. The van der Waals surface area contributed by atoms with Crippen LogP contribution in [0.5, 0.6) is 11.5 Å². The van der Waals surface area contributed by atoms with Crippen LogP contribution in [0.3, 0.4) is 0 Å². The third kappa shape index (κ3) is 3.82. The van der Waals surface area contributed by atoms with Gasteiger partial charge in [-0.3, -0.25) is 4.79 Å². The van der Waals surface area contributed by atoms with E-state index in [0.29, 0.717) is 53.3 Å². The Morgan fingerprint density at radius 3 is 2.52 bits per heavy atom. The molecule has 2 heterocycles. The zero-order chi connectivity index (χ0) is 20.5. The summed E-state index contributed by atoms with van der Waals surface area (Å²) in [4.78, 5) is 21.6. The highest BCUT2D eigenvalue weighted by molar-refractivity contribution is 7.22. The molecule has 0 radical (unpaired) electrons. The van der Waals surface area contributed by atoms with Crippen molar-refractivity contribution in [1.29, 1.82) is 0 Å². The largest absolute Gasteiger partial charge is 0.493 e. The van der Waals surface area contributed by atoms with E-state index < -0.39 is 0 Å². The number of methoxy groups -OCH3 is 2. The van der Waals surface area contributed by atoms with Gasteiger partial charge in [-0.05, 0) is 30.3 Å². The maximum atomic E-state index is 12.8. The van der Waals surface area contributed by atoms with Gasteiger partial charge in [0.05, 0.1) is 29.5 Å². The lowest BCUT2D eigenvalue weighted by Gasteiger charge is -2.34. The van der Waals surface area contributed by atoms with E-state index >= 15 is 0 Å². The molecule has 0 N–H and O–H groups in total. The molecule has 0 atom stereocenters. The number of rotatable bonds is 4. The third-order valence-corrected chi connectivity index (χ3v) is 6.53. The van der Waals surface area contributed by atoms with Gasteiger partial charge >= 0.3 is 0 Å². The summed E-state index contributed by atoms with van der Waals surface area (Å²) in [6.45, 7) is 2.53. The van der Waals surface area contributed by atoms with Crippen LogP contribution in [0, 0.1) is 0 Å². The first kappa shape index (κ1) is 20.1. The summed E-state index contributed by atoms with van der Waals surface area (Å²) in [7, 11) is 3.22. The van der Waals surface area contributed by atoms with Crippen molar-refractivity contribution in [2.24, 2.45) is 0 Å². The lowest BCUT2D eigenvalue weighted by atomic mass is 10.2. The normalized spacial score (nSPS) is 14.3. The van der Waals surface area contributed by atoms with Gasteiger partial charge in [0.25, 0.3) is 5.91 Å².